The van der Waals surface area contributed by atoms with E-state index in [1.807, 2.05) is 0 Å². The molecule has 6 nitrogen and oxygen atoms in total. The van der Waals surface area contributed by atoms with Gasteiger partial charge in [-0.15, -0.1) is 0 Å². The number of fused-ring (bicyclic) bond motifs is 2. The summed E-state index contributed by atoms with van der Waals surface area (Å²) in [6, 6.07) is 17.4. The first-order chi connectivity index (χ1) is 13.9. The molecule has 0 aliphatic heterocycles. The number of ether oxygens (including phenoxy) is 1. The SMILES string of the molecule is CCNS(=O)(=O)c1ccc(Oc2cccc3c2C(=O)c2ccccc2C3=O)cc1. The maximum Gasteiger partial charge on any atom is 0.240 e. The third kappa shape index (κ3) is 3.35. The molecule has 0 saturated heterocycles. The van der Waals surface area contributed by atoms with Crippen molar-refractivity contribution in [3.63, 3.8) is 0 Å². The highest BCUT2D eigenvalue weighted by molar-refractivity contribution is 7.89. The van der Waals surface area contributed by atoms with Crippen LogP contribution in [0.15, 0.2) is 71.6 Å². The van der Waals surface area contributed by atoms with E-state index >= 15 is 0 Å². The highest BCUT2D eigenvalue weighted by Crippen LogP contribution is 2.35. The van der Waals surface area contributed by atoms with E-state index in [-0.39, 0.29) is 39.9 Å². The van der Waals surface area contributed by atoms with E-state index < -0.39 is 10.0 Å². The molecule has 146 valence electrons. The molecule has 0 atom stereocenters. The molecule has 0 bridgehead atoms. The van der Waals surface area contributed by atoms with Crippen molar-refractivity contribution in [3.05, 3.63) is 89.0 Å². The molecular weight excluding hydrogens is 390 g/mol. The molecule has 0 spiro atoms. The van der Waals surface area contributed by atoms with Crippen LogP contribution in [0.25, 0.3) is 0 Å². The normalized spacial score (nSPS) is 13.0. The lowest BCUT2D eigenvalue weighted by atomic mass is 9.83. The van der Waals surface area contributed by atoms with Gasteiger partial charge in [-0.2, -0.15) is 0 Å². The Hall–Kier alpha value is -3.29. The van der Waals surface area contributed by atoms with Crippen LogP contribution < -0.4 is 9.46 Å². The molecule has 0 radical (unpaired) electrons. The van der Waals surface area contributed by atoms with Gasteiger partial charge in [0.25, 0.3) is 0 Å². The second-order valence-electron chi connectivity index (χ2n) is 6.46. The molecule has 0 aromatic heterocycles. The van der Waals surface area contributed by atoms with Gasteiger partial charge < -0.3 is 4.74 Å². The average Bonchev–Trinajstić information content (AvgIpc) is 2.72. The third-order valence-electron chi connectivity index (χ3n) is 4.61. The van der Waals surface area contributed by atoms with Gasteiger partial charge in [-0.25, -0.2) is 13.1 Å². The summed E-state index contributed by atoms with van der Waals surface area (Å²) in [6.07, 6.45) is 0. The van der Waals surface area contributed by atoms with Crippen LogP contribution >= 0.6 is 0 Å². The summed E-state index contributed by atoms with van der Waals surface area (Å²) in [5.41, 5.74) is 1.21. The van der Waals surface area contributed by atoms with E-state index in [0.29, 0.717) is 16.9 Å². The summed E-state index contributed by atoms with van der Waals surface area (Å²) in [5.74, 6) is 0.0930. The molecule has 0 heterocycles. The summed E-state index contributed by atoms with van der Waals surface area (Å²) in [4.78, 5) is 25.9. The molecule has 4 rings (SSSR count). The first kappa shape index (κ1) is 19.0. The van der Waals surface area contributed by atoms with Crippen LogP contribution in [0.4, 0.5) is 0 Å². The van der Waals surface area contributed by atoms with Crippen LogP contribution in [0.1, 0.15) is 38.8 Å². The highest BCUT2D eigenvalue weighted by atomic mass is 32.2. The minimum absolute atomic E-state index is 0.113. The largest absolute Gasteiger partial charge is 0.457 e. The maximum absolute atomic E-state index is 13.0. The Labute approximate surface area is 168 Å². The van der Waals surface area contributed by atoms with Gasteiger partial charge >= 0.3 is 0 Å². The predicted octanol–water partition coefficient (Wildman–Crippen LogP) is 3.55. The fourth-order valence-electron chi connectivity index (χ4n) is 3.29. The van der Waals surface area contributed by atoms with Crippen LogP contribution in [-0.4, -0.2) is 26.5 Å². The lowest BCUT2D eigenvalue weighted by Crippen LogP contribution is -2.23. The molecule has 1 aliphatic carbocycles. The zero-order valence-corrected chi connectivity index (χ0v) is 16.3. The monoisotopic (exact) mass is 407 g/mol. The number of carbonyl (C=O) groups excluding carboxylic acids is 2. The molecule has 0 fully saturated rings. The van der Waals surface area contributed by atoms with Crippen molar-refractivity contribution in [3.8, 4) is 11.5 Å². The molecule has 0 amide bonds. The van der Waals surface area contributed by atoms with Crippen LogP contribution in [0.5, 0.6) is 11.5 Å². The van der Waals surface area contributed by atoms with Gasteiger partial charge in [0.2, 0.25) is 10.0 Å². The van der Waals surface area contributed by atoms with Gasteiger partial charge in [-0.05, 0) is 30.3 Å². The Morgan fingerprint density at radius 3 is 2.07 bits per heavy atom. The van der Waals surface area contributed by atoms with Crippen LogP contribution in [0.3, 0.4) is 0 Å². The lowest BCUT2D eigenvalue weighted by molar-refractivity contribution is 0.0977. The van der Waals surface area contributed by atoms with Crippen molar-refractivity contribution in [2.75, 3.05) is 6.54 Å². The summed E-state index contributed by atoms with van der Waals surface area (Å²) < 4.78 is 32.4. The summed E-state index contributed by atoms with van der Waals surface area (Å²) in [6.45, 7) is 1.98. The van der Waals surface area contributed by atoms with Gasteiger partial charge in [-0.3, -0.25) is 9.59 Å². The molecule has 3 aromatic carbocycles. The standard InChI is InChI=1S/C22H17NO5S/c1-2-23-29(26,27)15-12-10-14(11-13-15)28-19-9-5-8-18-20(19)22(25)17-7-4-3-6-16(17)21(18)24/h3-13,23H,2H2,1H3. The minimum Gasteiger partial charge on any atom is -0.457 e. The van der Waals surface area contributed by atoms with Gasteiger partial charge in [0.1, 0.15) is 11.5 Å². The topological polar surface area (TPSA) is 89.5 Å². The summed E-state index contributed by atoms with van der Waals surface area (Å²) in [5, 5.41) is 0. The van der Waals surface area contributed by atoms with Gasteiger partial charge in [-0.1, -0.05) is 43.3 Å². The van der Waals surface area contributed by atoms with Crippen molar-refractivity contribution < 1.29 is 22.7 Å². The number of benzene rings is 3. The smallest absolute Gasteiger partial charge is 0.240 e. The predicted molar refractivity (Wildman–Crippen MR) is 107 cm³/mol. The Bertz CT molecular complexity index is 1230. The van der Waals surface area contributed by atoms with Crippen LogP contribution in [-0.2, 0) is 10.0 Å². The Kier molecular flexibility index (Phi) is 4.77. The van der Waals surface area contributed by atoms with Crippen molar-refractivity contribution in [1.29, 1.82) is 0 Å². The first-order valence-corrected chi connectivity index (χ1v) is 10.5. The van der Waals surface area contributed by atoms with E-state index in [4.69, 9.17) is 4.74 Å². The highest BCUT2D eigenvalue weighted by Gasteiger charge is 2.32. The molecule has 1 aliphatic rings. The third-order valence-corrected chi connectivity index (χ3v) is 6.17. The number of carbonyl (C=O) groups is 2. The van der Waals surface area contributed by atoms with Gasteiger partial charge in [0.05, 0.1) is 10.5 Å². The number of nitrogens with one attached hydrogen (secondary N) is 1. The molecule has 29 heavy (non-hydrogen) atoms. The van der Waals surface area contributed by atoms with E-state index in [0.717, 1.165) is 0 Å². The van der Waals surface area contributed by atoms with Crippen LogP contribution in [0.2, 0.25) is 0 Å². The second-order valence-corrected chi connectivity index (χ2v) is 8.22. The Morgan fingerprint density at radius 1 is 0.793 bits per heavy atom. The molecular formula is C22H17NO5S. The van der Waals surface area contributed by atoms with Crippen molar-refractivity contribution in [2.24, 2.45) is 0 Å². The van der Waals surface area contributed by atoms with E-state index in [2.05, 4.69) is 4.72 Å². The minimum atomic E-state index is -3.57. The molecule has 0 saturated carbocycles. The molecule has 7 heteroatoms. The second kappa shape index (κ2) is 7.27. The summed E-state index contributed by atoms with van der Waals surface area (Å²) >= 11 is 0. The Balaban J connectivity index is 1.70. The average molecular weight is 407 g/mol. The fraction of sp³-hybridized carbons (Fsp3) is 0.0909. The maximum atomic E-state index is 13.0. The lowest BCUT2D eigenvalue weighted by Gasteiger charge is -2.20. The van der Waals surface area contributed by atoms with Gasteiger partial charge in [0, 0.05) is 23.2 Å². The molecule has 0 unspecified atom stereocenters. The Morgan fingerprint density at radius 2 is 1.41 bits per heavy atom. The first-order valence-electron chi connectivity index (χ1n) is 9.01. The molecule has 1 N–H and O–H groups in total. The number of sulfonamides is 1. The van der Waals surface area contributed by atoms with Crippen molar-refractivity contribution in [2.45, 2.75) is 11.8 Å². The number of ketones is 2. The van der Waals surface area contributed by atoms with Gasteiger partial charge in [0.15, 0.2) is 11.6 Å². The van der Waals surface area contributed by atoms with Crippen LogP contribution in [0, 0.1) is 0 Å². The van der Waals surface area contributed by atoms with E-state index in [1.165, 1.54) is 24.3 Å². The van der Waals surface area contributed by atoms with Crippen molar-refractivity contribution in [1.82, 2.24) is 4.72 Å². The van der Waals surface area contributed by atoms with Crippen molar-refractivity contribution >= 4 is 21.6 Å². The number of rotatable bonds is 5. The van der Waals surface area contributed by atoms with E-state index in [1.54, 1.807) is 49.4 Å². The number of hydrogen-bond acceptors (Lipinski definition) is 5. The fourth-order valence-corrected chi connectivity index (χ4v) is 4.33. The number of hydrogen-bond donors (Lipinski definition) is 1. The quantitative estimate of drug-likeness (QED) is 0.546. The molecule has 3 aromatic rings. The van der Waals surface area contributed by atoms with E-state index in [9.17, 15) is 18.0 Å². The zero-order chi connectivity index (χ0) is 20.6. The summed E-state index contributed by atoms with van der Waals surface area (Å²) in [7, 11) is -3.57. The zero-order valence-electron chi connectivity index (χ0n) is 15.5.